The summed E-state index contributed by atoms with van der Waals surface area (Å²) in [6, 6.07) is 10.5. The van der Waals surface area contributed by atoms with Crippen LogP contribution in [0.4, 0.5) is 0 Å². The van der Waals surface area contributed by atoms with Gasteiger partial charge < -0.3 is 10.1 Å². The Kier molecular flexibility index (Phi) is 3.62. The molecule has 2 fully saturated rings. The van der Waals surface area contributed by atoms with E-state index in [0.717, 1.165) is 6.42 Å². The Labute approximate surface area is 113 Å². The fraction of sp³-hybridized carbons (Fsp3) is 0.400. The number of amides is 1. The van der Waals surface area contributed by atoms with Gasteiger partial charge in [0, 0.05) is 12.5 Å². The summed E-state index contributed by atoms with van der Waals surface area (Å²) in [5.41, 5.74) is 1.18. The molecule has 1 aromatic carbocycles. The van der Waals surface area contributed by atoms with Crippen LogP contribution in [0.2, 0.25) is 0 Å². The van der Waals surface area contributed by atoms with Crippen LogP contribution in [0.1, 0.15) is 18.4 Å². The quantitative estimate of drug-likeness (QED) is 0.876. The molecule has 2 heterocycles. The Morgan fingerprint density at radius 3 is 3.00 bits per heavy atom. The van der Waals surface area contributed by atoms with Crippen LogP contribution in [0.3, 0.4) is 0 Å². The van der Waals surface area contributed by atoms with Crippen molar-refractivity contribution in [3.8, 4) is 0 Å². The molecule has 0 aliphatic carbocycles. The lowest BCUT2D eigenvalue weighted by Gasteiger charge is -2.41. The van der Waals surface area contributed by atoms with Crippen molar-refractivity contribution in [3.05, 3.63) is 42.0 Å². The second-order valence-corrected chi connectivity index (χ2v) is 5.04. The van der Waals surface area contributed by atoms with Crippen molar-refractivity contribution in [1.29, 1.82) is 0 Å². The first-order valence-corrected chi connectivity index (χ1v) is 6.67. The molecule has 2 saturated heterocycles. The predicted molar refractivity (Wildman–Crippen MR) is 73.1 cm³/mol. The second-order valence-electron chi connectivity index (χ2n) is 5.04. The largest absolute Gasteiger partial charge is 0.359 e. The topological polar surface area (TPSA) is 41.6 Å². The molecule has 1 amide bonds. The lowest BCUT2D eigenvalue weighted by Crippen LogP contribution is -2.55. The number of hydrogen-bond acceptors (Lipinski definition) is 3. The van der Waals surface area contributed by atoms with E-state index in [4.69, 9.17) is 4.74 Å². The Morgan fingerprint density at radius 2 is 2.16 bits per heavy atom. The second kappa shape index (κ2) is 5.55. The molecule has 2 aliphatic rings. The number of carbonyl (C=O) groups excluding carboxylic acids is 1. The highest BCUT2D eigenvalue weighted by molar-refractivity contribution is 5.77. The van der Waals surface area contributed by atoms with Crippen molar-refractivity contribution in [2.45, 2.75) is 25.0 Å². The molecule has 19 heavy (non-hydrogen) atoms. The Hall–Kier alpha value is -1.65. The van der Waals surface area contributed by atoms with E-state index in [1.807, 2.05) is 18.2 Å². The van der Waals surface area contributed by atoms with E-state index in [9.17, 15) is 4.79 Å². The van der Waals surface area contributed by atoms with Crippen LogP contribution in [0.15, 0.2) is 36.4 Å². The molecule has 0 bridgehead atoms. The first-order valence-electron chi connectivity index (χ1n) is 6.67. The third kappa shape index (κ3) is 3.03. The molecule has 2 unspecified atom stereocenters. The molecule has 0 saturated carbocycles. The number of hydrogen-bond donors (Lipinski definition) is 1. The first-order chi connectivity index (χ1) is 9.31. The maximum atomic E-state index is 11.4. The van der Waals surface area contributed by atoms with Gasteiger partial charge in [-0.3, -0.25) is 9.69 Å². The zero-order chi connectivity index (χ0) is 13.1. The molecule has 4 heteroatoms. The molecule has 4 nitrogen and oxygen atoms in total. The van der Waals surface area contributed by atoms with Crippen molar-refractivity contribution < 1.29 is 9.53 Å². The van der Waals surface area contributed by atoms with Gasteiger partial charge in [-0.2, -0.15) is 0 Å². The summed E-state index contributed by atoms with van der Waals surface area (Å²) in [6.45, 7) is 1.20. The third-order valence-corrected chi connectivity index (χ3v) is 3.68. The molecule has 1 aromatic rings. The van der Waals surface area contributed by atoms with Crippen molar-refractivity contribution in [1.82, 2.24) is 10.2 Å². The van der Waals surface area contributed by atoms with Gasteiger partial charge in [0.15, 0.2) is 0 Å². The van der Waals surface area contributed by atoms with Gasteiger partial charge >= 0.3 is 0 Å². The van der Waals surface area contributed by atoms with Gasteiger partial charge in [0.25, 0.3) is 0 Å². The zero-order valence-electron chi connectivity index (χ0n) is 10.8. The van der Waals surface area contributed by atoms with Gasteiger partial charge in [0.2, 0.25) is 5.91 Å². The number of rotatable bonds is 2. The lowest BCUT2D eigenvalue weighted by molar-refractivity contribution is -0.137. The average Bonchev–Trinajstić information content (AvgIpc) is 2.46. The van der Waals surface area contributed by atoms with Crippen LogP contribution in [-0.4, -0.2) is 36.4 Å². The van der Waals surface area contributed by atoms with Crippen LogP contribution < -0.4 is 5.32 Å². The van der Waals surface area contributed by atoms with E-state index >= 15 is 0 Å². The molecule has 2 atom stereocenters. The molecule has 0 spiro atoms. The van der Waals surface area contributed by atoms with E-state index in [1.54, 1.807) is 0 Å². The first kappa shape index (κ1) is 12.4. The smallest absolute Gasteiger partial charge is 0.222 e. The summed E-state index contributed by atoms with van der Waals surface area (Å²) >= 11 is 0. The highest BCUT2D eigenvalue weighted by Gasteiger charge is 2.32. The number of nitrogens with zero attached hydrogens (tertiary/aromatic N) is 1. The summed E-state index contributed by atoms with van der Waals surface area (Å²) in [5.74, 6) is 0.147. The standard InChI is InChI=1S/C15H18N2O2/c18-15-9-13-8-14(19-11-17(13)10-16-15)7-6-12-4-2-1-3-5-12/h1-7,13-14H,8-11H2,(H,16,18). The van der Waals surface area contributed by atoms with E-state index in [-0.39, 0.29) is 12.0 Å². The number of benzene rings is 1. The van der Waals surface area contributed by atoms with E-state index < -0.39 is 0 Å². The van der Waals surface area contributed by atoms with Gasteiger partial charge in [-0.05, 0) is 12.0 Å². The van der Waals surface area contributed by atoms with E-state index in [0.29, 0.717) is 25.9 Å². The number of ether oxygens (including phenoxy) is 1. The average molecular weight is 258 g/mol. The van der Waals surface area contributed by atoms with E-state index in [2.05, 4.69) is 34.5 Å². The van der Waals surface area contributed by atoms with Crippen molar-refractivity contribution in [2.75, 3.05) is 13.4 Å². The van der Waals surface area contributed by atoms with Gasteiger partial charge in [0.1, 0.15) is 6.73 Å². The van der Waals surface area contributed by atoms with Crippen LogP contribution in [0, 0.1) is 0 Å². The number of carbonyl (C=O) groups is 1. The third-order valence-electron chi connectivity index (χ3n) is 3.68. The highest BCUT2D eigenvalue weighted by Crippen LogP contribution is 2.22. The molecule has 0 aromatic heterocycles. The minimum Gasteiger partial charge on any atom is -0.359 e. The van der Waals surface area contributed by atoms with Crippen molar-refractivity contribution in [2.24, 2.45) is 0 Å². The minimum absolute atomic E-state index is 0.104. The number of fused-ring (bicyclic) bond motifs is 1. The molecule has 1 N–H and O–H groups in total. The van der Waals surface area contributed by atoms with Crippen LogP contribution in [-0.2, 0) is 9.53 Å². The molecule has 3 rings (SSSR count). The summed E-state index contributed by atoms with van der Waals surface area (Å²) < 4.78 is 5.79. The minimum atomic E-state index is 0.104. The zero-order valence-corrected chi connectivity index (χ0v) is 10.8. The van der Waals surface area contributed by atoms with Crippen LogP contribution >= 0.6 is 0 Å². The van der Waals surface area contributed by atoms with E-state index in [1.165, 1.54) is 5.56 Å². The predicted octanol–water partition coefficient (Wildman–Crippen LogP) is 1.59. The van der Waals surface area contributed by atoms with Gasteiger partial charge in [-0.25, -0.2) is 0 Å². The van der Waals surface area contributed by atoms with Gasteiger partial charge in [-0.15, -0.1) is 0 Å². The summed E-state index contributed by atoms with van der Waals surface area (Å²) in [6.07, 6.45) is 5.76. The van der Waals surface area contributed by atoms with Crippen LogP contribution in [0.5, 0.6) is 0 Å². The Morgan fingerprint density at radius 1 is 1.32 bits per heavy atom. The molecule has 100 valence electrons. The fourth-order valence-corrected chi connectivity index (χ4v) is 2.56. The van der Waals surface area contributed by atoms with Crippen LogP contribution in [0.25, 0.3) is 6.08 Å². The molecular formula is C15H18N2O2. The van der Waals surface area contributed by atoms with Gasteiger partial charge in [-0.1, -0.05) is 42.5 Å². The molecule has 2 aliphatic heterocycles. The monoisotopic (exact) mass is 258 g/mol. The summed E-state index contributed by atoms with van der Waals surface area (Å²) in [4.78, 5) is 13.6. The summed E-state index contributed by atoms with van der Waals surface area (Å²) in [7, 11) is 0. The lowest BCUT2D eigenvalue weighted by atomic mass is 10.0. The molecular weight excluding hydrogens is 240 g/mol. The normalized spacial score (nSPS) is 28.1. The Balaban J connectivity index is 1.61. The van der Waals surface area contributed by atoms with Crippen molar-refractivity contribution >= 4 is 12.0 Å². The maximum Gasteiger partial charge on any atom is 0.222 e. The molecule has 0 radical (unpaired) electrons. The van der Waals surface area contributed by atoms with Gasteiger partial charge in [0.05, 0.1) is 12.8 Å². The summed E-state index contributed by atoms with van der Waals surface area (Å²) in [5, 5.41) is 2.84. The maximum absolute atomic E-state index is 11.4. The fourth-order valence-electron chi connectivity index (χ4n) is 2.56. The van der Waals surface area contributed by atoms with Crippen molar-refractivity contribution in [3.63, 3.8) is 0 Å². The number of nitrogens with one attached hydrogen (secondary N) is 1. The SMILES string of the molecule is O=C1CC2CC(C=Cc3ccccc3)OCN2CN1. The highest BCUT2D eigenvalue weighted by atomic mass is 16.5. The Bertz CT molecular complexity index is 472.